The summed E-state index contributed by atoms with van der Waals surface area (Å²) in [5.41, 5.74) is 7.09. The highest BCUT2D eigenvalue weighted by atomic mass is 32.2. The molecule has 94 valence electrons. The summed E-state index contributed by atoms with van der Waals surface area (Å²) in [6.07, 6.45) is 3.87. The van der Waals surface area contributed by atoms with Crippen molar-refractivity contribution in [3.05, 3.63) is 18.0 Å². The second kappa shape index (κ2) is 5.95. The highest BCUT2D eigenvalue weighted by Gasteiger charge is 2.11. The van der Waals surface area contributed by atoms with E-state index in [1.807, 2.05) is 28.8 Å². The van der Waals surface area contributed by atoms with E-state index in [0.717, 1.165) is 36.7 Å². The molecule has 0 bridgehead atoms. The Balaban J connectivity index is 1.90. The number of guanidine groups is 1. The van der Waals surface area contributed by atoms with Gasteiger partial charge in [-0.2, -0.15) is 16.9 Å². The van der Waals surface area contributed by atoms with Crippen LogP contribution >= 0.6 is 11.8 Å². The topological polar surface area (TPSA) is 59.4 Å². The maximum Gasteiger partial charge on any atom is 0.191 e. The molecule has 1 fully saturated rings. The van der Waals surface area contributed by atoms with Crippen molar-refractivity contribution < 1.29 is 0 Å². The number of thioether (sulfide) groups is 1. The van der Waals surface area contributed by atoms with Crippen LogP contribution in [0.15, 0.2) is 17.4 Å². The zero-order valence-corrected chi connectivity index (χ0v) is 11.0. The zero-order valence-electron chi connectivity index (χ0n) is 10.2. The van der Waals surface area contributed by atoms with Crippen LogP contribution in [0.4, 0.5) is 0 Å². The van der Waals surface area contributed by atoms with Gasteiger partial charge in [0.15, 0.2) is 5.96 Å². The molecule has 0 aromatic carbocycles. The first-order valence-corrected chi connectivity index (χ1v) is 7.09. The predicted molar refractivity (Wildman–Crippen MR) is 72.1 cm³/mol. The summed E-state index contributed by atoms with van der Waals surface area (Å²) >= 11 is 1.97. The van der Waals surface area contributed by atoms with Crippen LogP contribution < -0.4 is 5.73 Å². The fraction of sp³-hybridized carbons (Fsp3) is 0.636. The SMILES string of the molecule is CCn1cc(CN=C(N)N2CCSCC2)cn1. The Morgan fingerprint density at radius 2 is 2.29 bits per heavy atom. The molecule has 0 aliphatic carbocycles. The maximum absolute atomic E-state index is 5.98. The largest absolute Gasteiger partial charge is 0.370 e. The summed E-state index contributed by atoms with van der Waals surface area (Å²) in [6.45, 7) is 5.60. The van der Waals surface area contributed by atoms with Crippen LogP contribution in [0.25, 0.3) is 0 Å². The average molecular weight is 253 g/mol. The highest BCUT2D eigenvalue weighted by molar-refractivity contribution is 7.99. The Morgan fingerprint density at radius 3 is 2.94 bits per heavy atom. The quantitative estimate of drug-likeness (QED) is 0.638. The number of rotatable bonds is 3. The second-order valence-electron chi connectivity index (χ2n) is 3.98. The van der Waals surface area contributed by atoms with E-state index in [9.17, 15) is 0 Å². The minimum absolute atomic E-state index is 0.621. The third kappa shape index (κ3) is 3.39. The van der Waals surface area contributed by atoms with Gasteiger partial charge in [0, 0.05) is 42.9 Å². The number of hydrogen-bond donors (Lipinski definition) is 1. The molecule has 0 unspecified atom stereocenters. The average Bonchev–Trinajstić information content (AvgIpc) is 2.85. The Bertz CT molecular complexity index is 381. The molecule has 0 amide bonds. The molecule has 1 saturated heterocycles. The summed E-state index contributed by atoms with van der Waals surface area (Å²) in [5, 5.41) is 4.21. The van der Waals surface area contributed by atoms with E-state index in [-0.39, 0.29) is 0 Å². The predicted octanol–water partition coefficient (Wildman–Crippen LogP) is 0.766. The molecule has 0 spiro atoms. The van der Waals surface area contributed by atoms with Crippen molar-refractivity contribution in [2.75, 3.05) is 24.6 Å². The molecule has 6 heteroatoms. The number of aromatic nitrogens is 2. The molecular formula is C11H19N5S. The second-order valence-corrected chi connectivity index (χ2v) is 5.20. The molecule has 2 N–H and O–H groups in total. The van der Waals surface area contributed by atoms with Gasteiger partial charge in [-0.1, -0.05) is 0 Å². The van der Waals surface area contributed by atoms with Crippen molar-refractivity contribution in [3.8, 4) is 0 Å². The normalized spacial score (nSPS) is 17.5. The first-order valence-electron chi connectivity index (χ1n) is 5.93. The molecule has 5 nitrogen and oxygen atoms in total. The first-order chi connectivity index (χ1) is 8.29. The van der Waals surface area contributed by atoms with Crippen molar-refractivity contribution in [3.63, 3.8) is 0 Å². The Kier molecular flexibility index (Phi) is 4.30. The van der Waals surface area contributed by atoms with Gasteiger partial charge in [-0.25, -0.2) is 4.99 Å². The monoisotopic (exact) mass is 253 g/mol. The molecule has 2 rings (SSSR count). The fourth-order valence-electron chi connectivity index (χ4n) is 1.73. The van der Waals surface area contributed by atoms with E-state index in [1.54, 1.807) is 0 Å². The van der Waals surface area contributed by atoms with E-state index in [1.165, 1.54) is 0 Å². The lowest BCUT2D eigenvalue weighted by Gasteiger charge is -2.27. The minimum atomic E-state index is 0.621. The van der Waals surface area contributed by atoms with E-state index in [0.29, 0.717) is 12.5 Å². The number of hydrogen-bond acceptors (Lipinski definition) is 3. The lowest BCUT2D eigenvalue weighted by atomic mass is 10.4. The molecule has 17 heavy (non-hydrogen) atoms. The van der Waals surface area contributed by atoms with Crippen molar-refractivity contribution in [2.45, 2.75) is 20.0 Å². The molecule has 0 radical (unpaired) electrons. The Labute approximate surface area is 106 Å². The van der Waals surface area contributed by atoms with Crippen molar-refractivity contribution in [1.29, 1.82) is 0 Å². The summed E-state index contributed by atoms with van der Waals surface area (Å²) < 4.78 is 1.90. The van der Waals surface area contributed by atoms with Gasteiger partial charge in [-0.05, 0) is 6.92 Å². The molecular weight excluding hydrogens is 234 g/mol. The van der Waals surface area contributed by atoms with Gasteiger partial charge in [0.1, 0.15) is 0 Å². The number of nitrogens with zero attached hydrogens (tertiary/aromatic N) is 4. The van der Waals surface area contributed by atoms with Gasteiger partial charge in [0.05, 0.1) is 12.7 Å². The van der Waals surface area contributed by atoms with Crippen LogP contribution in [0.1, 0.15) is 12.5 Å². The van der Waals surface area contributed by atoms with Gasteiger partial charge in [0.2, 0.25) is 0 Å². The smallest absolute Gasteiger partial charge is 0.191 e. The van der Waals surface area contributed by atoms with E-state index < -0.39 is 0 Å². The molecule has 1 aromatic heterocycles. The zero-order chi connectivity index (χ0) is 12.1. The van der Waals surface area contributed by atoms with E-state index in [4.69, 9.17) is 5.73 Å². The van der Waals surface area contributed by atoms with Crippen LogP contribution in [0, 0.1) is 0 Å². The van der Waals surface area contributed by atoms with Crippen LogP contribution in [0.2, 0.25) is 0 Å². The molecule has 0 atom stereocenters. The van der Waals surface area contributed by atoms with Crippen LogP contribution in [-0.4, -0.2) is 45.2 Å². The number of aryl methyl sites for hydroxylation is 1. The summed E-state index contributed by atoms with van der Waals surface area (Å²) in [4.78, 5) is 6.58. The van der Waals surface area contributed by atoms with Crippen LogP contribution in [0.3, 0.4) is 0 Å². The standard InChI is InChI=1S/C11H19N5S/c1-2-16-9-10(8-14-16)7-13-11(12)15-3-5-17-6-4-15/h8-9H,2-7H2,1H3,(H2,12,13). The molecule has 1 aliphatic rings. The van der Waals surface area contributed by atoms with Gasteiger partial charge in [-0.15, -0.1) is 0 Å². The third-order valence-electron chi connectivity index (χ3n) is 2.77. The number of aliphatic imine (C=N–C) groups is 1. The molecule has 1 aliphatic heterocycles. The first kappa shape index (κ1) is 12.3. The highest BCUT2D eigenvalue weighted by Crippen LogP contribution is 2.09. The lowest BCUT2D eigenvalue weighted by Crippen LogP contribution is -2.42. The van der Waals surface area contributed by atoms with Gasteiger partial charge >= 0.3 is 0 Å². The van der Waals surface area contributed by atoms with Gasteiger partial charge in [0.25, 0.3) is 0 Å². The molecule has 2 heterocycles. The summed E-state index contributed by atoms with van der Waals surface area (Å²) in [7, 11) is 0. The van der Waals surface area contributed by atoms with E-state index in [2.05, 4.69) is 21.9 Å². The summed E-state index contributed by atoms with van der Waals surface area (Å²) in [6, 6.07) is 0. The summed E-state index contributed by atoms with van der Waals surface area (Å²) in [5.74, 6) is 2.95. The van der Waals surface area contributed by atoms with Gasteiger partial charge in [-0.3, -0.25) is 4.68 Å². The number of nitrogens with two attached hydrogens (primary N) is 1. The van der Waals surface area contributed by atoms with Gasteiger partial charge < -0.3 is 10.6 Å². The Hall–Kier alpha value is -1.17. The van der Waals surface area contributed by atoms with Crippen molar-refractivity contribution >= 4 is 17.7 Å². The van der Waals surface area contributed by atoms with Crippen molar-refractivity contribution in [2.24, 2.45) is 10.7 Å². The third-order valence-corrected chi connectivity index (χ3v) is 3.71. The minimum Gasteiger partial charge on any atom is -0.370 e. The lowest BCUT2D eigenvalue weighted by molar-refractivity contribution is 0.455. The molecule has 0 saturated carbocycles. The Morgan fingerprint density at radius 1 is 1.53 bits per heavy atom. The molecule has 1 aromatic rings. The van der Waals surface area contributed by atoms with Crippen LogP contribution in [0.5, 0.6) is 0 Å². The fourth-order valence-corrected chi connectivity index (χ4v) is 2.63. The van der Waals surface area contributed by atoms with E-state index >= 15 is 0 Å². The maximum atomic E-state index is 5.98. The van der Waals surface area contributed by atoms with Crippen molar-refractivity contribution in [1.82, 2.24) is 14.7 Å². The van der Waals surface area contributed by atoms with Crippen LogP contribution in [-0.2, 0) is 13.1 Å².